The topological polar surface area (TPSA) is 115 Å². The Morgan fingerprint density at radius 1 is 1.21 bits per heavy atom. The Kier molecular flexibility index (Phi) is 6.63. The Morgan fingerprint density at radius 2 is 1.86 bits per heavy atom. The third-order valence-corrected chi connectivity index (χ3v) is 3.93. The molecule has 3 amide bonds. The number of imide groups is 1. The van der Waals surface area contributed by atoms with E-state index in [1.54, 1.807) is 31.5 Å². The fourth-order valence-corrected chi connectivity index (χ4v) is 2.59. The van der Waals surface area contributed by atoms with Gasteiger partial charge in [-0.25, -0.2) is 19.3 Å². The quantitative estimate of drug-likeness (QED) is 0.733. The summed E-state index contributed by atoms with van der Waals surface area (Å²) in [5.41, 5.74) is 0.942. The summed E-state index contributed by atoms with van der Waals surface area (Å²) in [6, 6.07) is 4.29. The first-order valence-electron chi connectivity index (χ1n) is 8.91. The van der Waals surface area contributed by atoms with Crippen molar-refractivity contribution < 1.29 is 19.1 Å². The lowest BCUT2D eigenvalue weighted by molar-refractivity contribution is -0.127. The monoisotopic (exact) mass is 421 g/mol. The molecule has 0 aliphatic heterocycles. The van der Waals surface area contributed by atoms with E-state index in [4.69, 9.17) is 16.3 Å². The summed E-state index contributed by atoms with van der Waals surface area (Å²) >= 11 is 6.09. The van der Waals surface area contributed by atoms with E-state index < -0.39 is 29.6 Å². The molecule has 0 aliphatic rings. The lowest BCUT2D eigenvalue weighted by Gasteiger charge is -2.21. The van der Waals surface area contributed by atoms with Gasteiger partial charge >= 0.3 is 12.0 Å². The normalized spacial score (nSPS) is 12.2. The van der Waals surface area contributed by atoms with Crippen molar-refractivity contribution in [2.75, 3.05) is 0 Å². The van der Waals surface area contributed by atoms with Gasteiger partial charge in [0.1, 0.15) is 0 Å². The summed E-state index contributed by atoms with van der Waals surface area (Å²) < 4.78 is 6.69. The van der Waals surface area contributed by atoms with Crippen LogP contribution < -0.4 is 10.6 Å². The van der Waals surface area contributed by atoms with Gasteiger partial charge in [-0.2, -0.15) is 5.10 Å². The first-order chi connectivity index (χ1) is 13.4. The molecule has 0 bridgehead atoms. The number of urea groups is 1. The third kappa shape index (κ3) is 6.02. The largest absolute Gasteiger partial charge is 0.448 e. The average molecular weight is 422 g/mol. The number of hydrogen-bond donors (Lipinski definition) is 2. The summed E-state index contributed by atoms with van der Waals surface area (Å²) in [7, 11) is 0. The molecular formula is C19H24ClN5O4. The van der Waals surface area contributed by atoms with Crippen molar-refractivity contribution in [3.05, 3.63) is 40.3 Å². The zero-order valence-electron chi connectivity index (χ0n) is 17.2. The van der Waals surface area contributed by atoms with Crippen molar-refractivity contribution in [1.29, 1.82) is 0 Å². The number of aryl methyl sites for hydroxylation is 2. The van der Waals surface area contributed by atoms with E-state index in [9.17, 15) is 14.4 Å². The average Bonchev–Trinajstić information content (AvgIpc) is 2.91. The second-order valence-corrected chi connectivity index (χ2v) is 7.99. The molecule has 2 N–H and O–H groups in total. The molecule has 2 aromatic rings. The number of rotatable bonds is 4. The zero-order chi connectivity index (χ0) is 21.9. The van der Waals surface area contributed by atoms with Crippen LogP contribution >= 0.6 is 11.6 Å². The minimum atomic E-state index is -1.23. The van der Waals surface area contributed by atoms with Crippen molar-refractivity contribution in [1.82, 2.24) is 25.4 Å². The van der Waals surface area contributed by atoms with Crippen molar-refractivity contribution >= 4 is 29.5 Å². The maximum Gasteiger partial charge on any atom is 0.359 e. The van der Waals surface area contributed by atoms with Crippen LogP contribution in [0.1, 0.15) is 49.6 Å². The summed E-state index contributed by atoms with van der Waals surface area (Å²) in [4.78, 5) is 40.6. The van der Waals surface area contributed by atoms with Crippen LogP contribution in [0.15, 0.2) is 18.2 Å². The molecule has 29 heavy (non-hydrogen) atoms. The van der Waals surface area contributed by atoms with Crippen molar-refractivity contribution in [3.63, 3.8) is 0 Å². The van der Waals surface area contributed by atoms with Crippen LogP contribution in [0.25, 0.3) is 5.82 Å². The van der Waals surface area contributed by atoms with Gasteiger partial charge in [0.25, 0.3) is 5.91 Å². The van der Waals surface area contributed by atoms with Crippen LogP contribution in [0.5, 0.6) is 0 Å². The summed E-state index contributed by atoms with van der Waals surface area (Å²) in [6.07, 6.45) is -1.23. The van der Waals surface area contributed by atoms with Crippen molar-refractivity contribution in [3.8, 4) is 5.82 Å². The number of amides is 3. The zero-order valence-corrected chi connectivity index (χ0v) is 17.9. The first kappa shape index (κ1) is 22.4. The fraction of sp³-hybridized carbons (Fsp3) is 0.421. The molecule has 0 radical (unpaired) electrons. The van der Waals surface area contributed by atoms with E-state index in [-0.39, 0.29) is 10.7 Å². The molecule has 1 atom stereocenters. The third-order valence-electron chi connectivity index (χ3n) is 3.63. The first-order valence-corrected chi connectivity index (χ1v) is 9.29. The van der Waals surface area contributed by atoms with Gasteiger partial charge in [0.2, 0.25) is 0 Å². The van der Waals surface area contributed by atoms with Gasteiger partial charge in [0.05, 0.1) is 10.7 Å². The Balaban J connectivity index is 2.12. The van der Waals surface area contributed by atoms with Gasteiger partial charge in [-0.15, -0.1) is 0 Å². The molecule has 0 fully saturated rings. The number of hydrogen-bond acceptors (Lipinski definition) is 6. The molecule has 0 saturated heterocycles. The number of esters is 1. The van der Waals surface area contributed by atoms with Crippen LogP contribution in [0.3, 0.4) is 0 Å². The molecular weight excluding hydrogens is 398 g/mol. The highest BCUT2D eigenvalue weighted by Crippen LogP contribution is 2.19. The van der Waals surface area contributed by atoms with Crippen LogP contribution in [0, 0.1) is 13.8 Å². The number of halogens is 1. The van der Waals surface area contributed by atoms with Crippen molar-refractivity contribution in [2.24, 2.45) is 0 Å². The lowest BCUT2D eigenvalue weighted by Crippen LogP contribution is -2.50. The summed E-state index contributed by atoms with van der Waals surface area (Å²) in [5, 5.41) is 9.08. The Hall–Kier alpha value is -2.94. The molecule has 2 heterocycles. The van der Waals surface area contributed by atoms with Crippen molar-refractivity contribution in [2.45, 2.75) is 53.2 Å². The van der Waals surface area contributed by atoms with E-state index >= 15 is 0 Å². The SMILES string of the molecule is Cc1cc(C)n(-c2ccc(Cl)c(C(=O)OC(C)C(=O)NC(=O)NC(C)(C)C)n2)n1. The van der Waals surface area contributed by atoms with Crippen LogP contribution in [-0.2, 0) is 9.53 Å². The molecule has 156 valence electrons. The summed E-state index contributed by atoms with van der Waals surface area (Å²) in [6.45, 7) is 10.3. The maximum absolute atomic E-state index is 12.5. The molecule has 10 heteroatoms. The Labute approximate surface area is 173 Å². The van der Waals surface area contributed by atoms with Crippen LogP contribution in [0.2, 0.25) is 5.02 Å². The van der Waals surface area contributed by atoms with Crippen LogP contribution in [0.4, 0.5) is 4.79 Å². The Bertz CT molecular complexity index is 949. The molecule has 0 aromatic carbocycles. The number of aromatic nitrogens is 3. The highest BCUT2D eigenvalue weighted by molar-refractivity contribution is 6.33. The molecule has 2 rings (SSSR count). The minimum Gasteiger partial charge on any atom is -0.448 e. The second-order valence-electron chi connectivity index (χ2n) is 7.58. The summed E-state index contributed by atoms with van der Waals surface area (Å²) in [5.74, 6) is -1.28. The van der Waals surface area contributed by atoms with E-state index in [0.29, 0.717) is 5.82 Å². The van der Waals surface area contributed by atoms with Gasteiger partial charge in [0.15, 0.2) is 17.6 Å². The standard InChI is InChI=1S/C19H24ClN5O4/c1-10-9-11(2)25(24-10)14-8-7-13(20)15(21-14)17(27)29-12(3)16(26)22-18(28)23-19(4,5)6/h7-9,12H,1-6H3,(H2,22,23,26,28). The second kappa shape index (κ2) is 8.60. The van der Waals surface area contributed by atoms with Gasteiger partial charge in [0, 0.05) is 11.2 Å². The lowest BCUT2D eigenvalue weighted by atomic mass is 10.1. The highest BCUT2D eigenvalue weighted by Gasteiger charge is 2.25. The predicted molar refractivity (Wildman–Crippen MR) is 107 cm³/mol. The molecule has 1 unspecified atom stereocenters. The minimum absolute atomic E-state index is 0.0679. The van der Waals surface area contributed by atoms with Gasteiger partial charge in [-0.3, -0.25) is 10.1 Å². The number of carbonyl (C=O) groups excluding carboxylic acids is 3. The number of pyridine rings is 1. The van der Waals surface area contributed by atoms with Gasteiger partial charge < -0.3 is 10.1 Å². The van der Waals surface area contributed by atoms with E-state index in [0.717, 1.165) is 11.4 Å². The number of nitrogens with zero attached hydrogens (tertiary/aromatic N) is 3. The molecule has 0 spiro atoms. The van der Waals surface area contributed by atoms with Crippen LogP contribution in [-0.4, -0.2) is 44.3 Å². The Morgan fingerprint density at radius 3 is 2.41 bits per heavy atom. The molecule has 0 aliphatic carbocycles. The number of carbonyl (C=O) groups is 3. The molecule has 9 nitrogen and oxygen atoms in total. The maximum atomic E-state index is 12.5. The van der Waals surface area contributed by atoms with E-state index in [2.05, 4.69) is 20.7 Å². The van der Waals surface area contributed by atoms with E-state index in [1.807, 2.05) is 19.9 Å². The smallest absolute Gasteiger partial charge is 0.359 e. The number of ether oxygens (including phenoxy) is 1. The molecule has 2 aromatic heterocycles. The van der Waals surface area contributed by atoms with Gasteiger partial charge in [-0.05, 0) is 59.7 Å². The number of nitrogens with one attached hydrogen (secondary N) is 2. The van der Waals surface area contributed by atoms with E-state index in [1.165, 1.54) is 13.0 Å². The fourth-order valence-electron chi connectivity index (χ4n) is 2.41. The van der Waals surface area contributed by atoms with Gasteiger partial charge in [-0.1, -0.05) is 11.6 Å². The highest BCUT2D eigenvalue weighted by atomic mass is 35.5. The predicted octanol–water partition coefficient (Wildman–Crippen LogP) is 2.71. The molecule has 0 saturated carbocycles.